The van der Waals surface area contributed by atoms with Gasteiger partial charge < -0.3 is 23.5 Å². The summed E-state index contributed by atoms with van der Waals surface area (Å²) in [7, 11) is -0.816. The Morgan fingerprint density at radius 3 is 1.13 bits per heavy atom. The van der Waals surface area contributed by atoms with Crippen molar-refractivity contribution in [2.24, 2.45) is 0 Å². The molecule has 4 aromatic rings. The first kappa shape index (κ1) is 33.5. The fourth-order valence-corrected chi connectivity index (χ4v) is 6.01. The molecule has 244 valence electrons. The molecule has 47 heavy (non-hydrogen) atoms. The van der Waals surface area contributed by atoms with E-state index >= 15 is 0 Å². The summed E-state index contributed by atoms with van der Waals surface area (Å²) in [6.07, 6.45) is 3.56. The first-order valence-corrected chi connectivity index (χ1v) is 17.1. The van der Waals surface area contributed by atoms with Crippen LogP contribution in [0.15, 0.2) is 97.1 Å². The van der Waals surface area contributed by atoms with Gasteiger partial charge in [0.2, 0.25) is 0 Å². The zero-order valence-corrected chi connectivity index (χ0v) is 29.6. The quantitative estimate of drug-likeness (QED) is 0.173. The van der Waals surface area contributed by atoms with E-state index in [9.17, 15) is 0 Å². The summed E-state index contributed by atoms with van der Waals surface area (Å²) >= 11 is 0. The van der Waals surface area contributed by atoms with Crippen LogP contribution in [0.3, 0.4) is 0 Å². The monoisotopic (exact) mass is 629 g/mol. The first-order chi connectivity index (χ1) is 22.2. The van der Waals surface area contributed by atoms with Crippen LogP contribution in [0.5, 0.6) is 0 Å². The van der Waals surface area contributed by atoms with Crippen molar-refractivity contribution in [1.82, 2.24) is 0 Å². The number of aryl methyl sites for hydroxylation is 1. The molecule has 5 nitrogen and oxygen atoms in total. The lowest BCUT2D eigenvalue weighted by Crippen LogP contribution is -2.41. The molecule has 0 radical (unpaired) electrons. The summed E-state index contributed by atoms with van der Waals surface area (Å²) in [5.41, 5.74) is 7.41. The highest BCUT2D eigenvalue weighted by Gasteiger charge is 2.52. The molecule has 0 bridgehead atoms. The third kappa shape index (κ3) is 6.69. The van der Waals surface area contributed by atoms with Gasteiger partial charge in [0.05, 0.1) is 22.4 Å². The molecule has 0 amide bonds. The van der Waals surface area contributed by atoms with Gasteiger partial charge in [0, 0.05) is 17.1 Å². The smallest absolute Gasteiger partial charge is 0.399 e. The van der Waals surface area contributed by atoms with Crippen LogP contribution in [0.25, 0.3) is 11.1 Å². The topological polar surface area (TPSA) is 40.2 Å². The predicted molar refractivity (Wildman–Crippen MR) is 197 cm³/mol. The number of benzene rings is 4. The number of rotatable bonds is 9. The van der Waals surface area contributed by atoms with Gasteiger partial charge in [-0.3, -0.25) is 0 Å². The summed E-state index contributed by atoms with van der Waals surface area (Å²) in [5.74, 6) is 0. The molecular formula is C40H49B2NO4. The van der Waals surface area contributed by atoms with E-state index in [4.69, 9.17) is 18.6 Å². The molecule has 2 saturated heterocycles. The summed E-state index contributed by atoms with van der Waals surface area (Å²) in [6.45, 7) is 18.9. The molecule has 2 heterocycles. The van der Waals surface area contributed by atoms with Crippen LogP contribution >= 0.6 is 0 Å². The maximum absolute atomic E-state index is 6.33. The van der Waals surface area contributed by atoms with Crippen molar-refractivity contribution in [3.8, 4) is 11.1 Å². The fourth-order valence-electron chi connectivity index (χ4n) is 6.01. The van der Waals surface area contributed by atoms with Gasteiger partial charge in [-0.05, 0) is 132 Å². The molecule has 2 aliphatic heterocycles. The molecule has 0 saturated carbocycles. The molecule has 7 heteroatoms. The van der Waals surface area contributed by atoms with Gasteiger partial charge in [0.1, 0.15) is 0 Å². The predicted octanol–water partition coefficient (Wildman–Crippen LogP) is 8.76. The van der Waals surface area contributed by atoms with Crippen LogP contribution in [0.4, 0.5) is 17.1 Å². The lowest BCUT2D eigenvalue weighted by molar-refractivity contribution is 0.00578. The van der Waals surface area contributed by atoms with E-state index in [0.717, 1.165) is 34.4 Å². The van der Waals surface area contributed by atoms with Gasteiger partial charge >= 0.3 is 14.2 Å². The second kappa shape index (κ2) is 12.6. The Balaban J connectivity index is 1.30. The van der Waals surface area contributed by atoms with Crippen molar-refractivity contribution in [3.63, 3.8) is 0 Å². The number of hydrogen-bond acceptors (Lipinski definition) is 5. The van der Waals surface area contributed by atoms with E-state index in [1.165, 1.54) is 29.5 Å². The third-order valence-electron chi connectivity index (χ3n) is 10.6. The number of hydrogen-bond donors (Lipinski definition) is 0. The highest BCUT2D eigenvalue weighted by Crippen LogP contribution is 2.39. The van der Waals surface area contributed by atoms with Gasteiger partial charge in [-0.15, -0.1) is 0 Å². The van der Waals surface area contributed by atoms with Crippen LogP contribution in [-0.4, -0.2) is 36.6 Å². The minimum atomic E-state index is -0.408. The van der Waals surface area contributed by atoms with E-state index in [0.29, 0.717) is 0 Å². The molecule has 0 unspecified atom stereocenters. The van der Waals surface area contributed by atoms with E-state index < -0.39 is 36.6 Å². The van der Waals surface area contributed by atoms with E-state index in [1.54, 1.807) is 0 Å². The second-order valence-electron chi connectivity index (χ2n) is 15.0. The van der Waals surface area contributed by atoms with E-state index in [1.807, 2.05) is 0 Å². The molecule has 2 aliphatic rings. The van der Waals surface area contributed by atoms with Gasteiger partial charge in [-0.1, -0.05) is 74.0 Å². The fraction of sp³-hybridized carbons (Fsp3) is 0.400. The summed E-state index contributed by atoms with van der Waals surface area (Å²) < 4.78 is 25.3. The maximum Gasteiger partial charge on any atom is 0.494 e. The Morgan fingerprint density at radius 2 is 0.787 bits per heavy atom. The molecule has 6 rings (SSSR count). The summed E-state index contributed by atoms with van der Waals surface area (Å²) in [6, 6.07) is 34.8. The molecule has 4 aromatic carbocycles. The number of unbranched alkanes of at least 4 members (excludes halogenated alkanes) is 1. The molecule has 0 N–H and O–H groups in total. The van der Waals surface area contributed by atoms with Crippen molar-refractivity contribution in [2.75, 3.05) is 4.90 Å². The standard InChI is InChI=1S/C40H49B2NO4/c1-10-11-12-29-13-15-30(16-14-29)31-17-23-34(24-18-31)43(35-25-19-32(20-26-35)41-44-37(2,3)38(4,5)45-41)36-27-21-33(22-28-36)42-46-39(6,7)40(8,9)47-42/h13-28H,10-12H2,1-9H3. The Hall–Kier alpha value is -3.35. The molecule has 2 fully saturated rings. The van der Waals surface area contributed by atoms with Crippen LogP contribution in [0, 0.1) is 0 Å². The normalized spacial score (nSPS) is 19.3. The van der Waals surface area contributed by atoms with Gasteiger partial charge in [-0.2, -0.15) is 0 Å². The Kier molecular flexibility index (Phi) is 8.99. The lowest BCUT2D eigenvalue weighted by Gasteiger charge is -2.32. The summed E-state index contributed by atoms with van der Waals surface area (Å²) in [5, 5.41) is 0. The molecule has 0 atom stereocenters. The highest BCUT2D eigenvalue weighted by molar-refractivity contribution is 6.62. The van der Waals surface area contributed by atoms with E-state index in [-0.39, 0.29) is 0 Å². The van der Waals surface area contributed by atoms with Crippen molar-refractivity contribution >= 4 is 42.2 Å². The average molecular weight is 629 g/mol. The van der Waals surface area contributed by atoms with Crippen LogP contribution in [0.1, 0.15) is 80.7 Å². The molecule has 0 spiro atoms. The van der Waals surface area contributed by atoms with Crippen LogP contribution < -0.4 is 15.8 Å². The van der Waals surface area contributed by atoms with Crippen molar-refractivity contribution in [3.05, 3.63) is 103 Å². The molecule has 0 aliphatic carbocycles. The van der Waals surface area contributed by atoms with Crippen molar-refractivity contribution in [2.45, 2.75) is 104 Å². The van der Waals surface area contributed by atoms with Crippen molar-refractivity contribution in [1.29, 1.82) is 0 Å². The van der Waals surface area contributed by atoms with Crippen molar-refractivity contribution < 1.29 is 18.6 Å². The van der Waals surface area contributed by atoms with Crippen LogP contribution in [-0.2, 0) is 25.0 Å². The van der Waals surface area contributed by atoms with E-state index in [2.05, 4.69) is 164 Å². The van der Waals surface area contributed by atoms with Crippen LogP contribution in [0.2, 0.25) is 0 Å². The Morgan fingerprint density at radius 1 is 0.468 bits per heavy atom. The SMILES string of the molecule is CCCCc1ccc(-c2ccc(N(c3ccc(B4OC(C)(C)C(C)(C)O4)cc3)c3ccc(B4OC(C)(C)C(C)(C)O4)cc3)cc2)cc1. The largest absolute Gasteiger partial charge is 0.494 e. The number of nitrogens with zero attached hydrogens (tertiary/aromatic N) is 1. The molecular weight excluding hydrogens is 580 g/mol. The molecule has 0 aromatic heterocycles. The van der Waals surface area contributed by atoms with Gasteiger partial charge in [-0.25, -0.2) is 0 Å². The first-order valence-electron chi connectivity index (χ1n) is 17.1. The van der Waals surface area contributed by atoms with Gasteiger partial charge in [0.15, 0.2) is 0 Å². The average Bonchev–Trinajstić information content (AvgIpc) is 3.40. The zero-order chi connectivity index (χ0) is 33.6. The lowest BCUT2D eigenvalue weighted by atomic mass is 9.79. The minimum absolute atomic E-state index is 0.390. The Labute approximate surface area is 282 Å². The second-order valence-corrected chi connectivity index (χ2v) is 15.0. The van der Waals surface area contributed by atoms with Gasteiger partial charge in [0.25, 0.3) is 0 Å². The maximum atomic E-state index is 6.33. The number of anilines is 3. The third-order valence-corrected chi connectivity index (χ3v) is 10.6. The highest BCUT2D eigenvalue weighted by atomic mass is 16.7. The summed E-state index contributed by atoms with van der Waals surface area (Å²) in [4.78, 5) is 2.28. The Bertz CT molecular complexity index is 1550. The zero-order valence-electron chi connectivity index (χ0n) is 29.6. The minimum Gasteiger partial charge on any atom is -0.399 e.